The molecule has 1 aliphatic rings. The van der Waals surface area contributed by atoms with E-state index in [1.165, 1.54) is 0 Å². The molecule has 3 N–H and O–H groups in total. The summed E-state index contributed by atoms with van der Waals surface area (Å²) in [6.07, 6.45) is 4.71. The predicted molar refractivity (Wildman–Crippen MR) is 74.0 cm³/mol. The summed E-state index contributed by atoms with van der Waals surface area (Å²) in [6.45, 7) is 1.25. The molecule has 3 heterocycles. The van der Waals surface area contributed by atoms with E-state index < -0.39 is 0 Å². The lowest BCUT2D eigenvalue weighted by molar-refractivity contribution is 0.0617. The Bertz CT molecular complexity index is 576. The number of aromatic nitrogens is 2. The number of hydrogen-bond donors (Lipinski definition) is 2. The van der Waals surface area contributed by atoms with E-state index in [-0.39, 0.29) is 11.9 Å². The van der Waals surface area contributed by atoms with Gasteiger partial charge in [-0.3, -0.25) is 9.89 Å². The molecule has 6 heteroatoms. The van der Waals surface area contributed by atoms with Crippen LogP contribution < -0.4 is 5.73 Å². The standard InChI is InChI=1S/C14H18N4O2/c15-9-10-4-1-2-6-18(10)14(19)12-8-11(16-17-12)13-5-3-7-20-13/h3,5,7-8,10H,1-2,4,6,9,15H2,(H,16,17). The molecule has 20 heavy (non-hydrogen) atoms. The number of hydrogen-bond acceptors (Lipinski definition) is 4. The van der Waals surface area contributed by atoms with Gasteiger partial charge in [-0.15, -0.1) is 0 Å². The van der Waals surface area contributed by atoms with Gasteiger partial charge in [-0.05, 0) is 31.4 Å². The Hall–Kier alpha value is -2.08. The number of nitrogens with one attached hydrogen (secondary N) is 1. The molecule has 0 aromatic carbocycles. The zero-order valence-electron chi connectivity index (χ0n) is 11.2. The molecule has 6 nitrogen and oxygen atoms in total. The largest absolute Gasteiger partial charge is 0.463 e. The van der Waals surface area contributed by atoms with Crippen molar-refractivity contribution >= 4 is 5.91 Å². The third kappa shape index (κ3) is 2.34. The number of rotatable bonds is 3. The maximum Gasteiger partial charge on any atom is 0.274 e. The lowest BCUT2D eigenvalue weighted by Crippen LogP contribution is -2.47. The average molecular weight is 274 g/mol. The molecular formula is C14H18N4O2. The van der Waals surface area contributed by atoms with E-state index in [0.29, 0.717) is 23.7 Å². The minimum atomic E-state index is -0.0609. The molecule has 1 saturated heterocycles. The lowest BCUT2D eigenvalue weighted by atomic mass is 10.0. The second-order valence-corrected chi connectivity index (χ2v) is 5.03. The first-order valence-corrected chi connectivity index (χ1v) is 6.90. The molecule has 1 atom stereocenters. The number of piperidine rings is 1. The van der Waals surface area contributed by atoms with E-state index in [9.17, 15) is 4.79 Å². The van der Waals surface area contributed by atoms with Crippen molar-refractivity contribution in [1.82, 2.24) is 15.1 Å². The Morgan fingerprint density at radius 1 is 1.55 bits per heavy atom. The molecular weight excluding hydrogens is 256 g/mol. The van der Waals surface area contributed by atoms with Crippen LogP contribution in [0.4, 0.5) is 0 Å². The Balaban J connectivity index is 1.80. The fraction of sp³-hybridized carbons (Fsp3) is 0.429. The van der Waals surface area contributed by atoms with Crippen LogP contribution >= 0.6 is 0 Å². The van der Waals surface area contributed by atoms with Gasteiger partial charge in [0, 0.05) is 25.2 Å². The molecule has 0 spiro atoms. The zero-order valence-corrected chi connectivity index (χ0v) is 11.2. The van der Waals surface area contributed by atoms with Crippen molar-refractivity contribution in [3.63, 3.8) is 0 Å². The van der Waals surface area contributed by atoms with E-state index in [1.54, 1.807) is 18.4 Å². The Morgan fingerprint density at radius 2 is 2.45 bits per heavy atom. The van der Waals surface area contributed by atoms with Crippen molar-refractivity contribution in [2.24, 2.45) is 5.73 Å². The first-order valence-electron chi connectivity index (χ1n) is 6.90. The summed E-state index contributed by atoms with van der Waals surface area (Å²) >= 11 is 0. The Morgan fingerprint density at radius 3 is 3.20 bits per heavy atom. The number of carbonyl (C=O) groups is 1. The van der Waals surface area contributed by atoms with Gasteiger partial charge in [-0.2, -0.15) is 5.10 Å². The number of amides is 1. The van der Waals surface area contributed by atoms with Crippen LogP contribution in [0.2, 0.25) is 0 Å². The van der Waals surface area contributed by atoms with Crippen LogP contribution in [0.15, 0.2) is 28.9 Å². The first-order chi connectivity index (χ1) is 9.79. The van der Waals surface area contributed by atoms with Crippen molar-refractivity contribution in [3.05, 3.63) is 30.2 Å². The highest BCUT2D eigenvalue weighted by Gasteiger charge is 2.28. The van der Waals surface area contributed by atoms with Crippen LogP contribution in [0.3, 0.4) is 0 Å². The summed E-state index contributed by atoms with van der Waals surface area (Å²) in [5, 5.41) is 6.94. The number of likely N-dealkylation sites (tertiary alicyclic amines) is 1. The molecule has 2 aromatic heterocycles. The third-order valence-electron chi connectivity index (χ3n) is 3.74. The fourth-order valence-electron chi connectivity index (χ4n) is 2.65. The second-order valence-electron chi connectivity index (χ2n) is 5.03. The molecule has 106 valence electrons. The van der Waals surface area contributed by atoms with Gasteiger partial charge in [-0.25, -0.2) is 0 Å². The SMILES string of the molecule is NCC1CCCCN1C(=O)c1cc(-c2ccco2)[nH]n1. The van der Waals surface area contributed by atoms with Gasteiger partial charge in [-0.1, -0.05) is 0 Å². The second kappa shape index (κ2) is 5.50. The zero-order chi connectivity index (χ0) is 13.9. The highest BCUT2D eigenvalue weighted by molar-refractivity contribution is 5.93. The van der Waals surface area contributed by atoms with Gasteiger partial charge in [0.25, 0.3) is 5.91 Å². The van der Waals surface area contributed by atoms with Crippen LogP contribution in [0, 0.1) is 0 Å². The van der Waals surface area contributed by atoms with Crippen molar-refractivity contribution in [1.29, 1.82) is 0 Å². The Kier molecular flexibility index (Phi) is 3.56. The van der Waals surface area contributed by atoms with E-state index >= 15 is 0 Å². The summed E-state index contributed by atoms with van der Waals surface area (Å²) in [5.41, 5.74) is 6.88. The Labute approximate surface area is 116 Å². The first kappa shape index (κ1) is 12.9. The van der Waals surface area contributed by atoms with Crippen molar-refractivity contribution in [3.8, 4) is 11.5 Å². The van der Waals surface area contributed by atoms with Crippen LogP contribution in [0.25, 0.3) is 11.5 Å². The van der Waals surface area contributed by atoms with E-state index in [2.05, 4.69) is 10.2 Å². The maximum absolute atomic E-state index is 12.5. The van der Waals surface area contributed by atoms with Crippen LogP contribution in [0.5, 0.6) is 0 Å². The molecule has 1 aliphatic heterocycles. The minimum Gasteiger partial charge on any atom is -0.463 e. The molecule has 0 saturated carbocycles. The summed E-state index contributed by atoms with van der Waals surface area (Å²) < 4.78 is 5.28. The molecule has 1 unspecified atom stereocenters. The van der Waals surface area contributed by atoms with Gasteiger partial charge in [0.1, 0.15) is 5.69 Å². The van der Waals surface area contributed by atoms with Crippen LogP contribution in [0.1, 0.15) is 29.8 Å². The molecule has 1 fully saturated rings. The van der Waals surface area contributed by atoms with Gasteiger partial charge in [0.2, 0.25) is 0 Å². The minimum absolute atomic E-state index is 0.0609. The van der Waals surface area contributed by atoms with E-state index in [0.717, 1.165) is 25.8 Å². The van der Waals surface area contributed by atoms with Crippen molar-refractivity contribution < 1.29 is 9.21 Å². The van der Waals surface area contributed by atoms with E-state index in [4.69, 9.17) is 10.2 Å². The van der Waals surface area contributed by atoms with Crippen LogP contribution in [-0.2, 0) is 0 Å². The quantitative estimate of drug-likeness (QED) is 0.890. The summed E-state index contributed by atoms with van der Waals surface area (Å²) in [4.78, 5) is 14.3. The van der Waals surface area contributed by atoms with Crippen LogP contribution in [-0.4, -0.2) is 40.1 Å². The summed E-state index contributed by atoms with van der Waals surface area (Å²) in [6, 6.07) is 5.47. The van der Waals surface area contributed by atoms with Gasteiger partial charge in [0.15, 0.2) is 11.5 Å². The molecule has 2 aromatic rings. The average Bonchev–Trinajstić information content (AvgIpc) is 3.16. The lowest BCUT2D eigenvalue weighted by Gasteiger charge is -2.34. The summed E-state index contributed by atoms with van der Waals surface area (Å²) in [7, 11) is 0. The predicted octanol–water partition coefficient (Wildman–Crippen LogP) is 1.62. The molecule has 0 aliphatic carbocycles. The van der Waals surface area contributed by atoms with Gasteiger partial charge >= 0.3 is 0 Å². The highest BCUT2D eigenvalue weighted by atomic mass is 16.3. The van der Waals surface area contributed by atoms with Crippen molar-refractivity contribution in [2.45, 2.75) is 25.3 Å². The number of H-pyrrole nitrogens is 1. The number of furan rings is 1. The molecule has 1 amide bonds. The number of aromatic amines is 1. The number of nitrogens with zero attached hydrogens (tertiary/aromatic N) is 2. The fourth-order valence-corrected chi connectivity index (χ4v) is 2.65. The van der Waals surface area contributed by atoms with Gasteiger partial charge < -0.3 is 15.1 Å². The smallest absolute Gasteiger partial charge is 0.274 e. The highest BCUT2D eigenvalue weighted by Crippen LogP contribution is 2.21. The normalized spacial score (nSPS) is 19.2. The monoisotopic (exact) mass is 274 g/mol. The maximum atomic E-state index is 12.5. The van der Waals surface area contributed by atoms with Crippen molar-refractivity contribution in [2.75, 3.05) is 13.1 Å². The van der Waals surface area contributed by atoms with Gasteiger partial charge in [0.05, 0.1) is 6.26 Å². The number of nitrogens with two attached hydrogens (primary N) is 1. The molecule has 3 rings (SSSR count). The molecule has 0 radical (unpaired) electrons. The molecule has 0 bridgehead atoms. The number of carbonyl (C=O) groups excluding carboxylic acids is 1. The third-order valence-corrected chi connectivity index (χ3v) is 3.74. The topological polar surface area (TPSA) is 88.1 Å². The summed E-state index contributed by atoms with van der Waals surface area (Å²) in [5.74, 6) is 0.611. The van der Waals surface area contributed by atoms with E-state index in [1.807, 2.05) is 11.0 Å².